The predicted molar refractivity (Wildman–Crippen MR) is 81.3 cm³/mol. The Kier molecular flexibility index (Phi) is 4.59. The van der Waals surface area contributed by atoms with E-state index in [1.165, 1.54) is 24.2 Å². The van der Waals surface area contributed by atoms with Crippen molar-refractivity contribution in [1.29, 1.82) is 0 Å². The first-order chi connectivity index (χ1) is 9.21. The number of para-hydroxylation sites is 2. The van der Waals surface area contributed by atoms with Crippen LogP contribution in [-0.4, -0.2) is 22.6 Å². The number of nitrogens with one attached hydrogen (secondary N) is 1. The van der Waals surface area contributed by atoms with Crippen molar-refractivity contribution in [2.45, 2.75) is 39.2 Å². The summed E-state index contributed by atoms with van der Waals surface area (Å²) < 4.78 is 2.22. The highest BCUT2D eigenvalue weighted by Crippen LogP contribution is 2.20. The Morgan fingerprint density at radius 1 is 1.21 bits per heavy atom. The number of likely N-dealkylation sites (N-methyl/N-ethyl adjacent to an activating group) is 1. The summed E-state index contributed by atoms with van der Waals surface area (Å²) >= 11 is 0. The molecule has 2 aromatic rings. The van der Waals surface area contributed by atoms with E-state index < -0.39 is 0 Å². The predicted octanol–water partition coefficient (Wildman–Crippen LogP) is 3.14. The lowest BCUT2D eigenvalue weighted by atomic mass is 9.92. The van der Waals surface area contributed by atoms with Crippen LogP contribution in [0.1, 0.15) is 32.5 Å². The fraction of sp³-hybridized carbons (Fsp3) is 0.562. The second kappa shape index (κ2) is 6.20. The van der Waals surface area contributed by atoms with Crippen LogP contribution in [0.2, 0.25) is 0 Å². The van der Waals surface area contributed by atoms with E-state index in [0.717, 1.165) is 11.9 Å². The summed E-state index contributed by atoms with van der Waals surface area (Å²) in [6.45, 7) is 4.54. The Bertz CT molecular complexity index is 526. The second-order valence-corrected chi connectivity index (χ2v) is 5.25. The van der Waals surface area contributed by atoms with Crippen LogP contribution in [0, 0.1) is 5.92 Å². The van der Waals surface area contributed by atoms with Crippen LogP contribution in [0.4, 0.5) is 0 Å². The second-order valence-electron chi connectivity index (χ2n) is 5.25. The van der Waals surface area contributed by atoms with Crippen LogP contribution < -0.4 is 5.32 Å². The van der Waals surface area contributed by atoms with Gasteiger partial charge in [-0.05, 0) is 25.1 Å². The highest BCUT2D eigenvalue weighted by atomic mass is 15.1. The Morgan fingerprint density at radius 3 is 2.47 bits per heavy atom. The summed E-state index contributed by atoms with van der Waals surface area (Å²) in [6.07, 6.45) is 3.42. The lowest BCUT2D eigenvalue weighted by Crippen LogP contribution is -2.35. The quantitative estimate of drug-likeness (QED) is 0.863. The monoisotopic (exact) mass is 259 g/mol. The third-order valence-corrected chi connectivity index (χ3v) is 4.27. The first-order valence-electron chi connectivity index (χ1n) is 7.28. The molecule has 3 nitrogen and oxygen atoms in total. The lowest BCUT2D eigenvalue weighted by molar-refractivity contribution is 0.343. The maximum atomic E-state index is 4.77. The first-order valence-corrected chi connectivity index (χ1v) is 7.28. The third-order valence-electron chi connectivity index (χ3n) is 4.27. The average Bonchev–Trinajstić information content (AvgIpc) is 2.76. The van der Waals surface area contributed by atoms with Crippen LogP contribution >= 0.6 is 0 Å². The zero-order valence-corrected chi connectivity index (χ0v) is 12.5. The molecule has 0 aliphatic rings. The van der Waals surface area contributed by atoms with Crippen molar-refractivity contribution in [2.24, 2.45) is 13.0 Å². The molecule has 1 atom stereocenters. The smallest absolute Gasteiger partial charge is 0.111 e. The number of hydrogen-bond acceptors (Lipinski definition) is 2. The molecule has 0 saturated carbocycles. The normalized spacial score (nSPS) is 13.3. The van der Waals surface area contributed by atoms with Gasteiger partial charge in [0.1, 0.15) is 5.82 Å². The maximum Gasteiger partial charge on any atom is 0.111 e. The highest BCUT2D eigenvalue weighted by Gasteiger charge is 2.19. The van der Waals surface area contributed by atoms with Gasteiger partial charge in [0.2, 0.25) is 0 Å². The first kappa shape index (κ1) is 14.1. The third kappa shape index (κ3) is 2.81. The Balaban J connectivity index is 2.26. The molecule has 0 aliphatic carbocycles. The van der Waals surface area contributed by atoms with E-state index >= 15 is 0 Å². The summed E-state index contributed by atoms with van der Waals surface area (Å²) in [5, 5.41) is 3.47. The van der Waals surface area contributed by atoms with E-state index in [0.29, 0.717) is 12.0 Å². The van der Waals surface area contributed by atoms with Gasteiger partial charge in [-0.3, -0.25) is 0 Å². The number of rotatable bonds is 6. The molecule has 104 valence electrons. The van der Waals surface area contributed by atoms with Gasteiger partial charge in [0.25, 0.3) is 0 Å². The summed E-state index contributed by atoms with van der Waals surface area (Å²) in [7, 11) is 4.18. The number of benzene rings is 1. The Labute approximate surface area is 116 Å². The highest BCUT2D eigenvalue weighted by molar-refractivity contribution is 5.75. The zero-order chi connectivity index (χ0) is 13.8. The number of fused-ring (bicyclic) bond motifs is 1. The van der Waals surface area contributed by atoms with Gasteiger partial charge < -0.3 is 9.88 Å². The molecule has 0 aliphatic heterocycles. The fourth-order valence-electron chi connectivity index (χ4n) is 2.94. The van der Waals surface area contributed by atoms with Crippen molar-refractivity contribution in [2.75, 3.05) is 7.05 Å². The van der Waals surface area contributed by atoms with Gasteiger partial charge in [0.15, 0.2) is 0 Å². The van der Waals surface area contributed by atoms with E-state index in [1.807, 2.05) is 0 Å². The zero-order valence-electron chi connectivity index (χ0n) is 12.5. The van der Waals surface area contributed by atoms with Gasteiger partial charge >= 0.3 is 0 Å². The molecule has 0 bridgehead atoms. The minimum Gasteiger partial charge on any atom is -0.331 e. The van der Waals surface area contributed by atoms with Gasteiger partial charge in [-0.25, -0.2) is 4.98 Å². The molecule has 0 amide bonds. The van der Waals surface area contributed by atoms with E-state index in [1.54, 1.807) is 0 Å². The molecule has 0 spiro atoms. The molecule has 0 fully saturated rings. The number of aryl methyl sites for hydroxylation is 1. The minimum atomic E-state index is 0.505. The summed E-state index contributed by atoms with van der Waals surface area (Å²) in [4.78, 5) is 4.77. The van der Waals surface area contributed by atoms with Crippen molar-refractivity contribution in [3.63, 3.8) is 0 Å². The number of hydrogen-bond donors (Lipinski definition) is 1. The average molecular weight is 259 g/mol. The summed E-state index contributed by atoms with van der Waals surface area (Å²) in [6, 6.07) is 8.85. The van der Waals surface area contributed by atoms with Crippen LogP contribution in [0.3, 0.4) is 0 Å². The molecule has 3 heteroatoms. The van der Waals surface area contributed by atoms with Crippen LogP contribution in [-0.2, 0) is 13.5 Å². The van der Waals surface area contributed by atoms with Crippen molar-refractivity contribution in [3.8, 4) is 0 Å². The lowest BCUT2D eigenvalue weighted by Gasteiger charge is -2.24. The largest absolute Gasteiger partial charge is 0.331 e. The topological polar surface area (TPSA) is 29.9 Å². The van der Waals surface area contributed by atoms with E-state index in [2.05, 4.69) is 62.1 Å². The van der Waals surface area contributed by atoms with Crippen LogP contribution in [0.5, 0.6) is 0 Å². The number of nitrogens with zero attached hydrogens (tertiary/aromatic N) is 2. The SMILES string of the molecule is CCC(CC)C(Cc1nc2ccccc2n1C)NC. The van der Waals surface area contributed by atoms with Crippen LogP contribution in [0.25, 0.3) is 11.0 Å². The van der Waals surface area contributed by atoms with E-state index in [4.69, 9.17) is 4.98 Å². The van der Waals surface area contributed by atoms with Crippen molar-refractivity contribution in [1.82, 2.24) is 14.9 Å². The van der Waals surface area contributed by atoms with Gasteiger partial charge in [0.05, 0.1) is 11.0 Å². The van der Waals surface area contributed by atoms with Crippen molar-refractivity contribution in [3.05, 3.63) is 30.1 Å². The number of aromatic nitrogens is 2. The van der Waals surface area contributed by atoms with Crippen molar-refractivity contribution >= 4 is 11.0 Å². The molecule has 1 unspecified atom stereocenters. The van der Waals surface area contributed by atoms with Gasteiger partial charge in [-0.1, -0.05) is 38.8 Å². The summed E-state index contributed by atoms with van der Waals surface area (Å²) in [5.74, 6) is 1.89. The minimum absolute atomic E-state index is 0.505. The van der Waals surface area contributed by atoms with Crippen molar-refractivity contribution < 1.29 is 0 Å². The molecule has 1 heterocycles. The fourth-order valence-corrected chi connectivity index (χ4v) is 2.94. The van der Waals surface area contributed by atoms with Gasteiger partial charge in [0, 0.05) is 19.5 Å². The van der Waals surface area contributed by atoms with Crippen LogP contribution in [0.15, 0.2) is 24.3 Å². The molecule has 0 radical (unpaired) electrons. The van der Waals surface area contributed by atoms with E-state index in [9.17, 15) is 0 Å². The Hall–Kier alpha value is -1.35. The Morgan fingerprint density at radius 2 is 1.89 bits per heavy atom. The maximum absolute atomic E-state index is 4.77. The molecule has 1 N–H and O–H groups in total. The molecular formula is C16H25N3. The van der Waals surface area contributed by atoms with Gasteiger partial charge in [-0.2, -0.15) is 0 Å². The molecule has 0 saturated heterocycles. The molecule has 1 aromatic carbocycles. The van der Waals surface area contributed by atoms with E-state index in [-0.39, 0.29) is 0 Å². The molecular weight excluding hydrogens is 234 g/mol. The molecule has 2 rings (SSSR count). The molecule has 19 heavy (non-hydrogen) atoms. The molecule has 1 aromatic heterocycles. The van der Waals surface area contributed by atoms with Gasteiger partial charge in [-0.15, -0.1) is 0 Å². The number of imidazole rings is 1. The summed E-state index contributed by atoms with van der Waals surface area (Å²) in [5.41, 5.74) is 2.32. The standard InChI is InChI=1S/C16H25N3/c1-5-12(6-2)14(17-3)11-16-18-13-9-7-8-10-15(13)19(16)4/h7-10,12,14,17H,5-6,11H2,1-4H3.